The number of ether oxygens (including phenoxy) is 1. The zero-order valence-electron chi connectivity index (χ0n) is 19.0. The van der Waals surface area contributed by atoms with Gasteiger partial charge in [0.05, 0.1) is 29.3 Å². The molecule has 9 heteroatoms. The number of carboxylic acid groups (broad SMARTS) is 1. The molecule has 1 heterocycles. The molecule has 1 unspecified atom stereocenters. The van der Waals surface area contributed by atoms with Crippen LogP contribution < -0.4 is 0 Å². The highest BCUT2D eigenvalue weighted by Crippen LogP contribution is 2.31. The fourth-order valence-corrected chi connectivity index (χ4v) is 3.94. The molecule has 0 aromatic heterocycles. The molecular weight excluding hydrogens is 424 g/mol. The first-order chi connectivity index (χ1) is 15.8. The average molecular weight is 453 g/mol. The highest BCUT2D eigenvalue weighted by atomic mass is 16.6. The molecule has 0 aliphatic carbocycles. The summed E-state index contributed by atoms with van der Waals surface area (Å²) in [6.07, 6.45) is 0.773. The van der Waals surface area contributed by atoms with E-state index in [1.165, 1.54) is 30.9 Å². The average Bonchev–Trinajstić information content (AvgIpc) is 2.80. The molecule has 174 valence electrons. The molecule has 2 aromatic carbocycles. The van der Waals surface area contributed by atoms with Crippen molar-refractivity contribution in [3.05, 3.63) is 81.4 Å². The molecular formula is C24H28N4O5. The van der Waals surface area contributed by atoms with Crippen LogP contribution in [0.5, 0.6) is 0 Å². The lowest BCUT2D eigenvalue weighted by Gasteiger charge is -2.35. The number of methoxy groups -OCH3 is 1. The summed E-state index contributed by atoms with van der Waals surface area (Å²) in [5, 5.41) is 21.1. The van der Waals surface area contributed by atoms with Crippen LogP contribution in [0.15, 0.2) is 65.2 Å². The van der Waals surface area contributed by atoms with Crippen molar-refractivity contribution < 1.29 is 19.6 Å². The van der Waals surface area contributed by atoms with Crippen molar-refractivity contribution in [1.82, 2.24) is 9.80 Å². The van der Waals surface area contributed by atoms with Gasteiger partial charge in [0.2, 0.25) is 0 Å². The number of amidine groups is 1. The van der Waals surface area contributed by atoms with Crippen LogP contribution in [0.3, 0.4) is 0 Å². The lowest BCUT2D eigenvalue weighted by Crippen LogP contribution is -2.46. The maximum absolute atomic E-state index is 12.2. The Kier molecular flexibility index (Phi) is 7.78. The van der Waals surface area contributed by atoms with Gasteiger partial charge in [-0.15, -0.1) is 0 Å². The lowest BCUT2D eigenvalue weighted by molar-refractivity contribution is -0.384. The van der Waals surface area contributed by atoms with E-state index >= 15 is 0 Å². The zero-order valence-corrected chi connectivity index (χ0v) is 19.0. The van der Waals surface area contributed by atoms with Gasteiger partial charge in [0.15, 0.2) is 0 Å². The number of aliphatic imine (C=N–C) groups is 1. The van der Waals surface area contributed by atoms with Gasteiger partial charge in [-0.2, -0.15) is 4.99 Å². The standard InChI is InChI=1S/C24H28N4O5/c1-17-21(23(29)30)22(19-11-7-12-20(15-19)28(31)32)25-24(33-3)27(17)14-8-13-26(2)16-18-9-5-4-6-10-18/h4-7,9-12,15,17H,8,13-14,16H2,1-3H3,(H,29,30). The molecule has 1 N–H and O–H groups in total. The number of nitro groups is 1. The molecule has 0 fully saturated rings. The fourth-order valence-electron chi connectivity index (χ4n) is 3.94. The normalized spacial score (nSPS) is 16.1. The Morgan fingerprint density at radius 1 is 1.24 bits per heavy atom. The number of non-ortho nitro benzene ring substituents is 1. The van der Waals surface area contributed by atoms with Gasteiger partial charge in [0, 0.05) is 30.8 Å². The minimum Gasteiger partial charge on any atom is -0.478 e. The van der Waals surface area contributed by atoms with E-state index in [4.69, 9.17) is 4.74 Å². The Morgan fingerprint density at radius 2 is 1.97 bits per heavy atom. The van der Waals surface area contributed by atoms with Crippen LogP contribution in [0.4, 0.5) is 5.69 Å². The first-order valence-electron chi connectivity index (χ1n) is 10.7. The molecule has 0 saturated carbocycles. The van der Waals surface area contributed by atoms with Crippen molar-refractivity contribution in [1.29, 1.82) is 0 Å². The third-order valence-corrected chi connectivity index (χ3v) is 5.57. The number of benzene rings is 2. The molecule has 1 atom stereocenters. The summed E-state index contributed by atoms with van der Waals surface area (Å²) in [6.45, 7) is 3.95. The first kappa shape index (κ1) is 23.9. The SMILES string of the molecule is COC1=NC(c2cccc([N+](=O)[O-])c2)=C(C(=O)O)C(C)N1CCCN(C)Cc1ccccc1. The van der Waals surface area contributed by atoms with Gasteiger partial charge in [-0.1, -0.05) is 42.5 Å². The van der Waals surface area contributed by atoms with Crippen molar-refractivity contribution in [2.45, 2.75) is 25.9 Å². The van der Waals surface area contributed by atoms with Crippen LogP contribution in [0.2, 0.25) is 0 Å². The number of rotatable bonds is 9. The van der Waals surface area contributed by atoms with Crippen LogP contribution in [0, 0.1) is 10.1 Å². The number of hydrogen-bond acceptors (Lipinski definition) is 7. The number of carbonyl (C=O) groups is 1. The lowest BCUT2D eigenvalue weighted by atomic mass is 9.98. The molecule has 0 amide bonds. The van der Waals surface area contributed by atoms with Crippen molar-refractivity contribution in [3.63, 3.8) is 0 Å². The summed E-state index contributed by atoms with van der Waals surface area (Å²) < 4.78 is 5.49. The Hall–Kier alpha value is -3.72. The summed E-state index contributed by atoms with van der Waals surface area (Å²) in [5.74, 6) is -1.12. The molecule has 1 aliphatic rings. The highest BCUT2D eigenvalue weighted by molar-refractivity contribution is 6.02. The molecule has 2 aromatic rings. The summed E-state index contributed by atoms with van der Waals surface area (Å²) in [5.41, 5.74) is 1.71. The summed E-state index contributed by atoms with van der Waals surface area (Å²) in [4.78, 5) is 31.3. The Balaban J connectivity index is 1.78. The Labute approximate surface area is 192 Å². The van der Waals surface area contributed by atoms with Gasteiger partial charge in [0.1, 0.15) is 0 Å². The minimum absolute atomic E-state index is 0.0777. The van der Waals surface area contributed by atoms with Crippen molar-refractivity contribution in [2.24, 2.45) is 4.99 Å². The molecule has 33 heavy (non-hydrogen) atoms. The smallest absolute Gasteiger partial charge is 0.335 e. The Morgan fingerprint density at radius 3 is 2.61 bits per heavy atom. The van der Waals surface area contributed by atoms with E-state index in [2.05, 4.69) is 22.0 Å². The number of nitrogens with zero attached hydrogens (tertiary/aromatic N) is 4. The quantitative estimate of drug-likeness (QED) is 0.457. The second kappa shape index (κ2) is 10.7. The number of hydrogen-bond donors (Lipinski definition) is 1. The predicted octanol–water partition coefficient (Wildman–Crippen LogP) is 3.62. The van der Waals surface area contributed by atoms with Gasteiger partial charge in [-0.05, 0) is 32.5 Å². The predicted molar refractivity (Wildman–Crippen MR) is 126 cm³/mol. The number of nitro benzene ring substituents is 1. The van der Waals surface area contributed by atoms with Crippen molar-refractivity contribution in [2.75, 3.05) is 27.2 Å². The molecule has 1 aliphatic heterocycles. The van der Waals surface area contributed by atoms with E-state index in [1.807, 2.05) is 30.1 Å². The molecule has 9 nitrogen and oxygen atoms in total. The van der Waals surface area contributed by atoms with Gasteiger partial charge < -0.3 is 19.6 Å². The van der Waals surface area contributed by atoms with E-state index in [0.717, 1.165) is 19.5 Å². The fraction of sp³-hybridized carbons (Fsp3) is 0.333. The molecule has 0 bridgehead atoms. The first-order valence-corrected chi connectivity index (χ1v) is 10.7. The second-order valence-electron chi connectivity index (χ2n) is 7.92. The van der Waals surface area contributed by atoms with E-state index in [0.29, 0.717) is 18.1 Å². The third kappa shape index (κ3) is 5.75. The van der Waals surface area contributed by atoms with E-state index in [9.17, 15) is 20.0 Å². The van der Waals surface area contributed by atoms with E-state index in [-0.39, 0.29) is 17.0 Å². The van der Waals surface area contributed by atoms with Crippen molar-refractivity contribution in [3.8, 4) is 0 Å². The monoisotopic (exact) mass is 452 g/mol. The molecule has 0 radical (unpaired) electrons. The van der Waals surface area contributed by atoms with Gasteiger partial charge in [0.25, 0.3) is 11.7 Å². The summed E-state index contributed by atoms with van der Waals surface area (Å²) in [7, 11) is 3.53. The molecule has 0 spiro atoms. The van der Waals surface area contributed by atoms with Crippen LogP contribution in [-0.2, 0) is 16.1 Å². The highest BCUT2D eigenvalue weighted by Gasteiger charge is 2.34. The minimum atomic E-state index is -1.12. The van der Waals surface area contributed by atoms with Gasteiger partial charge in [-0.25, -0.2) is 4.79 Å². The summed E-state index contributed by atoms with van der Waals surface area (Å²) in [6, 6.07) is 15.8. The summed E-state index contributed by atoms with van der Waals surface area (Å²) >= 11 is 0. The number of aliphatic carboxylic acids is 1. The van der Waals surface area contributed by atoms with Crippen LogP contribution in [0.1, 0.15) is 24.5 Å². The largest absolute Gasteiger partial charge is 0.478 e. The topological polar surface area (TPSA) is 109 Å². The maximum atomic E-state index is 12.2. The van der Waals surface area contributed by atoms with E-state index in [1.54, 1.807) is 13.0 Å². The molecule has 0 saturated heterocycles. The Bertz CT molecular complexity index is 1070. The van der Waals surface area contributed by atoms with Crippen molar-refractivity contribution >= 4 is 23.4 Å². The van der Waals surface area contributed by atoms with Crippen LogP contribution in [-0.4, -0.2) is 65.1 Å². The number of carboxylic acids is 1. The molecule has 3 rings (SSSR count). The van der Waals surface area contributed by atoms with E-state index < -0.39 is 16.9 Å². The van der Waals surface area contributed by atoms with Gasteiger partial charge in [-0.3, -0.25) is 10.1 Å². The third-order valence-electron chi connectivity index (χ3n) is 5.57. The second-order valence-corrected chi connectivity index (χ2v) is 7.92. The van der Waals surface area contributed by atoms with Crippen LogP contribution >= 0.6 is 0 Å². The maximum Gasteiger partial charge on any atom is 0.335 e. The van der Waals surface area contributed by atoms with Gasteiger partial charge >= 0.3 is 5.97 Å². The zero-order chi connectivity index (χ0) is 24.0. The van der Waals surface area contributed by atoms with Crippen LogP contribution in [0.25, 0.3) is 5.70 Å².